The van der Waals surface area contributed by atoms with Crippen molar-refractivity contribution in [2.45, 2.75) is 77.7 Å². The Hall–Kier alpha value is -0.830. The van der Waals surface area contributed by atoms with Crippen LogP contribution < -0.4 is 0 Å². The van der Waals surface area contributed by atoms with Crippen LogP contribution in [0.3, 0.4) is 0 Å². The highest BCUT2D eigenvalue weighted by molar-refractivity contribution is 5.04. The predicted octanol–water partition coefficient (Wildman–Crippen LogP) is 4.12. The zero-order valence-corrected chi connectivity index (χ0v) is 13.1. The minimum absolute atomic E-state index is 0.0326. The molecule has 0 aliphatic heterocycles. The third-order valence-corrected chi connectivity index (χ3v) is 5.06. The second-order valence-electron chi connectivity index (χ2n) is 6.52. The third-order valence-electron chi connectivity index (χ3n) is 5.06. The van der Waals surface area contributed by atoms with Gasteiger partial charge in [0.2, 0.25) is 0 Å². The molecule has 1 unspecified atom stereocenters. The SMILES string of the molecule is CCCCC(CC)(CO)Cc1ccn(C2CCCC2)n1. The Morgan fingerprint density at radius 1 is 1.35 bits per heavy atom. The van der Waals surface area contributed by atoms with Crippen LogP contribution in [0.4, 0.5) is 0 Å². The first kappa shape index (κ1) is 15.6. The fraction of sp³-hybridized carbons (Fsp3) is 0.824. The van der Waals surface area contributed by atoms with E-state index in [1.807, 2.05) is 0 Å². The molecule has 0 spiro atoms. The van der Waals surface area contributed by atoms with Crippen LogP contribution in [0.2, 0.25) is 0 Å². The highest BCUT2D eigenvalue weighted by Crippen LogP contribution is 2.33. The van der Waals surface area contributed by atoms with Crippen LogP contribution >= 0.6 is 0 Å². The summed E-state index contributed by atoms with van der Waals surface area (Å²) in [5, 5.41) is 14.6. The van der Waals surface area contributed by atoms with E-state index >= 15 is 0 Å². The van der Waals surface area contributed by atoms with E-state index in [9.17, 15) is 5.11 Å². The van der Waals surface area contributed by atoms with Gasteiger partial charge in [-0.25, -0.2) is 0 Å². The molecule has 1 aromatic heterocycles. The van der Waals surface area contributed by atoms with Gasteiger partial charge in [-0.05, 0) is 43.6 Å². The van der Waals surface area contributed by atoms with Gasteiger partial charge >= 0.3 is 0 Å². The molecule has 0 bridgehead atoms. The smallest absolute Gasteiger partial charge is 0.0631 e. The molecule has 3 nitrogen and oxygen atoms in total. The summed E-state index contributed by atoms with van der Waals surface area (Å²) in [7, 11) is 0. The van der Waals surface area contributed by atoms with E-state index in [0.29, 0.717) is 6.04 Å². The van der Waals surface area contributed by atoms with Crippen molar-refractivity contribution in [1.82, 2.24) is 9.78 Å². The maximum Gasteiger partial charge on any atom is 0.0631 e. The Morgan fingerprint density at radius 3 is 2.70 bits per heavy atom. The molecule has 1 aliphatic carbocycles. The summed E-state index contributed by atoms with van der Waals surface area (Å²) in [6, 6.07) is 2.77. The van der Waals surface area contributed by atoms with Crippen LogP contribution in [0, 0.1) is 5.41 Å². The Bertz CT molecular complexity index is 389. The number of aliphatic hydroxyl groups is 1. The Morgan fingerprint density at radius 2 is 2.10 bits per heavy atom. The lowest BCUT2D eigenvalue weighted by Crippen LogP contribution is -2.28. The van der Waals surface area contributed by atoms with Crippen molar-refractivity contribution in [2.24, 2.45) is 5.41 Å². The van der Waals surface area contributed by atoms with Gasteiger partial charge in [0.05, 0.1) is 11.7 Å². The number of aromatic nitrogens is 2. The van der Waals surface area contributed by atoms with Crippen LogP contribution in [0.1, 0.15) is 76.9 Å². The molecule has 0 aromatic carbocycles. The highest BCUT2D eigenvalue weighted by Gasteiger charge is 2.28. The minimum Gasteiger partial charge on any atom is -0.396 e. The summed E-state index contributed by atoms with van der Waals surface area (Å²) >= 11 is 0. The lowest BCUT2D eigenvalue weighted by atomic mass is 9.77. The predicted molar refractivity (Wildman–Crippen MR) is 82.8 cm³/mol. The molecule has 1 aliphatic rings. The maximum atomic E-state index is 9.85. The third kappa shape index (κ3) is 3.63. The summed E-state index contributed by atoms with van der Waals surface area (Å²) < 4.78 is 2.17. The zero-order chi connectivity index (χ0) is 14.4. The van der Waals surface area contributed by atoms with Gasteiger partial charge in [-0.2, -0.15) is 5.10 Å². The molecule has 1 saturated carbocycles. The van der Waals surface area contributed by atoms with Crippen LogP contribution in [0.25, 0.3) is 0 Å². The summed E-state index contributed by atoms with van der Waals surface area (Å²) in [6.07, 6.45) is 12.8. The molecule has 3 heteroatoms. The van der Waals surface area contributed by atoms with E-state index in [0.717, 1.165) is 25.0 Å². The minimum atomic E-state index is 0.0326. The van der Waals surface area contributed by atoms with Gasteiger partial charge in [0.15, 0.2) is 0 Å². The standard InChI is InChI=1S/C17H30N2O/c1-3-5-11-17(4-2,14-20)13-15-10-12-19(18-15)16-8-6-7-9-16/h10,12,16,20H,3-9,11,13-14H2,1-2H3. The average molecular weight is 278 g/mol. The zero-order valence-electron chi connectivity index (χ0n) is 13.1. The van der Waals surface area contributed by atoms with Crippen molar-refractivity contribution in [1.29, 1.82) is 0 Å². The van der Waals surface area contributed by atoms with Crippen molar-refractivity contribution < 1.29 is 5.11 Å². The van der Waals surface area contributed by atoms with Crippen LogP contribution in [0.15, 0.2) is 12.3 Å². The van der Waals surface area contributed by atoms with Crippen LogP contribution in [-0.4, -0.2) is 21.5 Å². The first-order valence-electron chi connectivity index (χ1n) is 8.38. The van der Waals surface area contributed by atoms with Crippen LogP contribution in [0.5, 0.6) is 0 Å². The van der Waals surface area contributed by atoms with Crippen LogP contribution in [-0.2, 0) is 6.42 Å². The molecule has 1 fully saturated rings. The molecule has 0 radical (unpaired) electrons. The number of nitrogens with zero attached hydrogens (tertiary/aromatic N) is 2. The fourth-order valence-corrected chi connectivity index (χ4v) is 3.42. The van der Waals surface area contributed by atoms with Crippen molar-refractivity contribution in [3.8, 4) is 0 Å². The van der Waals surface area contributed by atoms with E-state index in [1.165, 1.54) is 38.5 Å². The lowest BCUT2D eigenvalue weighted by molar-refractivity contribution is 0.106. The molecule has 0 saturated heterocycles. The molecule has 1 aromatic rings. The van der Waals surface area contributed by atoms with E-state index in [2.05, 4.69) is 30.8 Å². The maximum absolute atomic E-state index is 9.85. The molecule has 1 heterocycles. The second-order valence-corrected chi connectivity index (χ2v) is 6.52. The largest absolute Gasteiger partial charge is 0.396 e. The number of aliphatic hydroxyl groups excluding tert-OH is 1. The highest BCUT2D eigenvalue weighted by atomic mass is 16.3. The first-order valence-corrected chi connectivity index (χ1v) is 8.38. The molecular weight excluding hydrogens is 248 g/mol. The molecule has 2 rings (SSSR count). The summed E-state index contributed by atoms with van der Waals surface area (Å²) in [5.41, 5.74) is 1.19. The van der Waals surface area contributed by atoms with E-state index in [1.54, 1.807) is 0 Å². The van der Waals surface area contributed by atoms with Crippen molar-refractivity contribution in [3.05, 3.63) is 18.0 Å². The molecule has 1 N–H and O–H groups in total. The van der Waals surface area contributed by atoms with Crippen molar-refractivity contribution in [2.75, 3.05) is 6.61 Å². The topological polar surface area (TPSA) is 38.0 Å². The number of hydrogen-bond donors (Lipinski definition) is 1. The van der Waals surface area contributed by atoms with Gasteiger partial charge in [-0.15, -0.1) is 0 Å². The first-order chi connectivity index (χ1) is 9.73. The number of rotatable bonds is 8. The Kier molecular flexibility index (Phi) is 5.64. The van der Waals surface area contributed by atoms with Gasteiger partial charge < -0.3 is 5.11 Å². The molecular formula is C17H30N2O. The Labute approximate surface area is 123 Å². The van der Waals surface area contributed by atoms with Gasteiger partial charge in [0, 0.05) is 12.8 Å². The van der Waals surface area contributed by atoms with Crippen molar-refractivity contribution >= 4 is 0 Å². The van der Waals surface area contributed by atoms with E-state index < -0.39 is 0 Å². The normalized spacial score (nSPS) is 19.4. The molecule has 114 valence electrons. The summed E-state index contributed by atoms with van der Waals surface area (Å²) in [4.78, 5) is 0. The molecule has 1 atom stereocenters. The van der Waals surface area contributed by atoms with E-state index in [-0.39, 0.29) is 12.0 Å². The summed E-state index contributed by atoms with van der Waals surface area (Å²) in [5.74, 6) is 0. The summed E-state index contributed by atoms with van der Waals surface area (Å²) in [6.45, 7) is 4.69. The van der Waals surface area contributed by atoms with Gasteiger partial charge in [0.25, 0.3) is 0 Å². The average Bonchev–Trinajstić information content (AvgIpc) is 3.14. The monoisotopic (exact) mass is 278 g/mol. The van der Waals surface area contributed by atoms with Gasteiger partial charge in [-0.3, -0.25) is 4.68 Å². The number of unbranched alkanes of at least 4 members (excludes halogenated alkanes) is 1. The lowest BCUT2D eigenvalue weighted by Gasteiger charge is -2.30. The van der Waals surface area contributed by atoms with Crippen molar-refractivity contribution in [3.63, 3.8) is 0 Å². The molecule has 0 amide bonds. The quantitative estimate of drug-likeness (QED) is 0.776. The second kappa shape index (κ2) is 7.26. The number of hydrogen-bond acceptors (Lipinski definition) is 2. The molecule has 20 heavy (non-hydrogen) atoms. The Balaban J connectivity index is 2.02. The van der Waals surface area contributed by atoms with Gasteiger partial charge in [-0.1, -0.05) is 39.5 Å². The van der Waals surface area contributed by atoms with Gasteiger partial charge in [0.1, 0.15) is 0 Å². The van der Waals surface area contributed by atoms with E-state index in [4.69, 9.17) is 5.10 Å². The fourth-order valence-electron chi connectivity index (χ4n) is 3.42.